The summed E-state index contributed by atoms with van der Waals surface area (Å²) >= 11 is 0. The monoisotopic (exact) mass is 384 g/mol. The summed E-state index contributed by atoms with van der Waals surface area (Å²) in [5.41, 5.74) is 0.525. The van der Waals surface area contributed by atoms with Crippen molar-refractivity contribution in [1.29, 1.82) is 0 Å². The van der Waals surface area contributed by atoms with E-state index in [9.17, 15) is 13.2 Å². The SMILES string of the molecule is CCCCCC1CCC(C2Cc3ccc(OCC)c(F)c3OC2(F)F)CC1. The predicted molar refractivity (Wildman–Crippen MR) is 99.9 cm³/mol. The molecule has 152 valence electrons. The van der Waals surface area contributed by atoms with Gasteiger partial charge in [-0.15, -0.1) is 0 Å². The second-order valence-electron chi connectivity index (χ2n) is 8.05. The minimum absolute atomic E-state index is 0.0295. The highest BCUT2D eigenvalue weighted by atomic mass is 19.3. The Morgan fingerprint density at radius 3 is 2.52 bits per heavy atom. The van der Waals surface area contributed by atoms with Gasteiger partial charge in [-0.05, 0) is 49.7 Å². The van der Waals surface area contributed by atoms with Crippen LogP contribution in [0.3, 0.4) is 0 Å². The Balaban J connectivity index is 1.67. The van der Waals surface area contributed by atoms with Gasteiger partial charge in [0.05, 0.1) is 12.5 Å². The summed E-state index contributed by atoms with van der Waals surface area (Å²) in [6.07, 6.45) is 5.41. The topological polar surface area (TPSA) is 18.5 Å². The molecular weight excluding hydrogens is 353 g/mol. The number of alkyl halides is 2. The molecule has 1 aromatic rings. The van der Waals surface area contributed by atoms with E-state index in [0.717, 1.165) is 25.7 Å². The lowest BCUT2D eigenvalue weighted by molar-refractivity contribution is -0.239. The maximum Gasteiger partial charge on any atom is 0.401 e. The highest BCUT2D eigenvalue weighted by Crippen LogP contribution is 2.49. The van der Waals surface area contributed by atoms with Gasteiger partial charge in [0.1, 0.15) is 0 Å². The Morgan fingerprint density at radius 2 is 1.85 bits per heavy atom. The number of rotatable bonds is 7. The molecule has 1 aliphatic heterocycles. The van der Waals surface area contributed by atoms with Crippen LogP contribution in [-0.2, 0) is 6.42 Å². The van der Waals surface area contributed by atoms with E-state index in [4.69, 9.17) is 9.47 Å². The molecular formula is C22H31F3O2. The number of benzene rings is 1. The molecule has 2 aliphatic rings. The van der Waals surface area contributed by atoms with Gasteiger partial charge in [0, 0.05) is 0 Å². The first kappa shape index (κ1) is 20.3. The molecule has 1 saturated carbocycles. The number of hydrogen-bond donors (Lipinski definition) is 0. The van der Waals surface area contributed by atoms with E-state index in [1.807, 2.05) is 0 Å². The van der Waals surface area contributed by atoms with Gasteiger partial charge in [-0.1, -0.05) is 51.5 Å². The highest BCUT2D eigenvalue weighted by molar-refractivity contribution is 5.44. The molecule has 0 saturated heterocycles. The summed E-state index contributed by atoms with van der Waals surface area (Å²) in [4.78, 5) is 0. The van der Waals surface area contributed by atoms with Crippen LogP contribution in [0.25, 0.3) is 0 Å². The second kappa shape index (κ2) is 8.74. The lowest BCUT2D eigenvalue weighted by atomic mass is 9.72. The van der Waals surface area contributed by atoms with Crippen molar-refractivity contribution < 1.29 is 22.6 Å². The zero-order valence-corrected chi connectivity index (χ0v) is 16.4. The number of fused-ring (bicyclic) bond motifs is 1. The summed E-state index contributed by atoms with van der Waals surface area (Å²) in [5, 5.41) is 0. The first-order valence-corrected chi connectivity index (χ1v) is 10.5. The Kier molecular flexibility index (Phi) is 6.59. The summed E-state index contributed by atoms with van der Waals surface area (Å²) in [5.74, 6) is -1.45. The molecule has 0 spiro atoms. The minimum atomic E-state index is -3.33. The van der Waals surface area contributed by atoms with Gasteiger partial charge in [-0.2, -0.15) is 13.2 Å². The van der Waals surface area contributed by atoms with Crippen molar-refractivity contribution in [3.8, 4) is 11.5 Å². The molecule has 0 N–H and O–H groups in total. The van der Waals surface area contributed by atoms with Crippen LogP contribution in [0.5, 0.6) is 11.5 Å². The molecule has 0 bridgehead atoms. The van der Waals surface area contributed by atoms with Crippen molar-refractivity contribution in [2.24, 2.45) is 17.8 Å². The van der Waals surface area contributed by atoms with Crippen molar-refractivity contribution in [3.63, 3.8) is 0 Å². The number of halogens is 3. The average molecular weight is 384 g/mol. The standard InChI is InChI=1S/C22H31F3O2/c1-3-5-6-7-15-8-10-16(11-9-15)18-14-17-12-13-19(26-4-2)20(23)21(17)27-22(18,24)25/h12-13,15-16,18H,3-11,14H2,1-2H3. The van der Waals surface area contributed by atoms with Gasteiger partial charge in [0.2, 0.25) is 5.82 Å². The van der Waals surface area contributed by atoms with Gasteiger partial charge in [0.15, 0.2) is 11.5 Å². The molecule has 3 rings (SSSR count). The van der Waals surface area contributed by atoms with Crippen LogP contribution in [0.2, 0.25) is 0 Å². The maximum atomic E-state index is 14.7. The van der Waals surface area contributed by atoms with Crippen LogP contribution < -0.4 is 9.47 Å². The Labute approximate surface area is 160 Å². The zero-order valence-electron chi connectivity index (χ0n) is 16.4. The molecule has 1 unspecified atom stereocenters. The van der Waals surface area contributed by atoms with Crippen molar-refractivity contribution in [3.05, 3.63) is 23.5 Å². The largest absolute Gasteiger partial charge is 0.491 e. The minimum Gasteiger partial charge on any atom is -0.491 e. The molecule has 1 aliphatic carbocycles. The summed E-state index contributed by atoms with van der Waals surface area (Å²) < 4.78 is 54.0. The summed E-state index contributed by atoms with van der Waals surface area (Å²) in [6, 6.07) is 3.19. The first-order chi connectivity index (χ1) is 13.0. The highest BCUT2D eigenvalue weighted by Gasteiger charge is 2.51. The molecule has 1 fully saturated rings. The van der Waals surface area contributed by atoms with E-state index in [2.05, 4.69) is 6.92 Å². The van der Waals surface area contributed by atoms with Crippen LogP contribution in [0.1, 0.15) is 70.8 Å². The third kappa shape index (κ3) is 4.55. The maximum absolute atomic E-state index is 14.7. The number of hydrogen-bond acceptors (Lipinski definition) is 2. The van der Waals surface area contributed by atoms with Crippen LogP contribution in [0, 0.1) is 23.6 Å². The number of ether oxygens (including phenoxy) is 2. The van der Waals surface area contributed by atoms with Gasteiger partial charge in [-0.25, -0.2) is 0 Å². The third-order valence-electron chi connectivity index (χ3n) is 6.23. The van der Waals surface area contributed by atoms with Crippen molar-refractivity contribution >= 4 is 0 Å². The fourth-order valence-corrected chi connectivity index (χ4v) is 4.69. The second-order valence-corrected chi connectivity index (χ2v) is 8.05. The van der Waals surface area contributed by atoms with E-state index in [-0.39, 0.29) is 30.4 Å². The third-order valence-corrected chi connectivity index (χ3v) is 6.23. The van der Waals surface area contributed by atoms with Crippen LogP contribution in [0.15, 0.2) is 12.1 Å². The first-order valence-electron chi connectivity index (χ1n) is 10.5. The fourth-order valence-electron chi connectivity index (χ4n) is 4.69. The lowest BCUT2D eigenvalue weighted by Gasteiger charge is -2.40. The van der Waals surface area contributed by atoms with Crippen molar-refractivity contribution in [1.82, 2.24) is 0 Å². The van der Waals surface area contributed by atoms with Gasteiger partial charge in [-0.3, -0.25) is 0 Å². The Hall–Kier alpha value is -1.39. The molecule has 0 amide bonds. The molecule has 1 atom stereocenters. The molecule has 2 nitrogen and oxygen atoms in total. The van der Waals surface area contributed by atoms with Crippen molar-refractivity contribution in [2.45, 2.75) is 77.7 Å². The lowest BCUT2D eigenvalue weighted by Crippen LogP contribution is -2.45. The Morgan fingerprint density at radius 1 is 1.11 bits per heavy atom. The number of unbranched alkanes of at least 4 members (excludes halogenated alkanes) is 2. The van der Waals surface area contributed by atoms with E-state index in [0.29, 0.717) is 11.5 Å². The van der Waals surface area contributed by atoms with E-state index in [1.54, 1.807) is 13.0 Å². The van der Waals surface area contributed by atoms with Crippen LogP contribution in [0.4, 0.5) is 13.2 Å². The molecule has 1 aromatic carbocycles. The summed E-state index contributed by atoms with van der Waals surface area (Å²) in [6.45, 7) is 4.19. The zero-order chi connectivity index (χ0) is 19.4. The van der Waals surface area contributed by atoms with Gasteiger partial charge < -0.3 is 9.47 Å². The van der Waals surface area contributed by atoms with Gasteiger partial charge in [0.25, 0.3) is 0 Å². The molecule has 27 heavy (non-hydrogen) atoms. The molecule has 0 aromatic heterocycles. The summed E-state index contributed by atoms with van der Waals surface area (Å²) in [7, 11) is 0. The van der Waals surface area contributed by atoms with E-state index < -0.39 is 17.8 Å². The fraction of sp³-hybridized carbons (Fsp3) is 0.727. The molecule has 0 radical (unpaired) electrons. The molecule has 5 heteroatoms. The molecule has 1 heterocycles. The van der Waals surface area contributed by atoms with Crippen LogP contribution >= 0.6 is 0 Å². The van der Waals surface area contributed by atoms with Crippen molar-refractivity contribution in [2.75, 3.05) is 6.61 Å². The predicted octanol–water partition coefficient (Wildman–Crippen LogP) is 6.76. The smallest absolute Gasteiger partial charge is 0.401 e. The average Bonchev–Trinajstić information content (AvgIpc) is 2.65. The quantitative estimate of drug-likeness (QED) is 0.484. The van der Waals surface area contributed by atoms with Crippen LogP contribution in [-0.4, -0.2) is 12.7 Å². The Bertz CT molecular complexity index is 624. The van der Waals surface area contributed by atoms with Gasteiger partial charge >= 0.3 is 6.11 Å². The van der Waals surface area contributed by atoms with E-state index in [1.165, 1.54) is 31.7 Å². The normalized spacial score (nSPS) is 26.9. The van der Waals surface area contributed by atoms with E-state index >= 15 is 0 Å².